The van der Waals surface area contributed by atoms with Crippen molar-refractivity contribution in [3.8, 4) is 5.75 Å². The number of amides is 1. The molecule has 0 spiro atoms. The molecule has 24 heavy (non-hydrogen) atoms. The number of carbonyl (C=O) groups is 1. The van der Waals surface area contributed by atoms with E-state index >= 15 is 0 Å². The molecule has 0 aromatic heterocycles. The van der Waals surface area contributed by atoms with Crippen LogP contribution in [0.5, 0.6) is 5.75 Å². The third-order valence-corrected chi connectivity index (χ3v) is 4.78. The summed E-state index contributed by atoms with van der Waals surface area (Å²) in [7, 11) is 1.65. The van der Waals surface area contributed by atoms with Gasteiger partial charge >= 0.3 is 6.09 Å². The lowest BCUT2D eigenvalue weighted by Gasteiger charge is -2.35. The largest absolute Gasteiger partial charge is 0.497 e. The molecule has 2 aromatic rings. The van der Waals surface area contributed by atoms with Gasteiger partial charge in [0.2, 0.25) is 0 Å². The highest BCUT2D eigenvalue weighted by molar-refractivity contribution is 5.69. The Morgan fingerprint density at radius 1 is 1.12 bits per heavy atom. The van der Waals surface area contributed by atoms with Crippen LogP contribution in [0.25, 0.3) is 0 Å². The quantitative estimate of drug-likeness (QED) is 0.839. The van der Waals surface area contributed by atoms with Gasteiger partial charge in [-0.2, -0.15) is 0 Å². The number of nitrogens with zero attached hydrogens (tertiary/aromatic N) is 1. The molecule has 126 valence electrons. The summed E-state index contributed by atoms with van der Waals surface area (Å²) in [4.78, 5) is 14.5. The van der Waals surface area contributed by atoms with Gasteiger partial charge in [0, 0.05) is 6.54 Å². The number of benzene rings is 2. The summed E-state index contributed by atoms with van der Waals surface area (Å²) in [5.41, 5.74) is 1.77. The maximum Gasteiger partial charge on any atom is 0.410 e. The monoisotopic (exact) mass is 325 g/mol. The Morgan fingerprint density at radius 2 is 1.83 bits per heavy atom. The summed E-state index contributed by atoms with van der Waals surface area (Å²) < 4.78 is 10.8. The molecule has 3 rings (SSSR count). The number of rotatable bonds is 4. The van der Waals surface area contributed by atoms with Crippen molar-refractivity contribution in [1.82, 2.24) is 4.90 Å². The Morgan fingerprint density at radius 3 is 2.50 bits per heavy atom. The molecule has 1 atom stereocenters. The molecular weight excluding hydrogens is 302 g/mol. The van der Waals surface area contributed by atoms with Gasteiger partial charge in [0.05, 0.1) is 12.6 Å². The Kier molecular flexibility index (Phi) is 4.74. The number of hydrogen-bond donors (Lipinski definition) is 0. The maximum atomic E-state index is 12.6. The molecule has 0 N–H and O–H groups in total. The van der Waals surface area contributed by atoms with Gasteiger partial charge in [0.15, 0.2) is 0 Å². The van der Waals surface area contributed by atoms with E-state index < -0.39 is 0 Å². The third-order valence-electron chi connectivity index (χ3n) is 4.78. The molecule has 1 aliphatic heterocycles. The van der Waals surface area contributed by atoms with Crippen molar-refractivity contribution in [3.63, 3.8) is 0 Å². The molecule has 0 bridgehead atoms. The minimum absolute atomic E-state index is 0.255. The summed E-state index contributed by atoms with van der Waals surface area (Å²) in [6, 6.07) is 17.7. The van der Waals surface area contributed by atoms with Crippen LogP contribution in [0.4, 0.5) is 4.79 Å². The highest BCUT2D eigenvalue weighted by atomic mass is 16.6. The van der Waals surface area contributed by atoms with Gasteiger partial charge in [-0.1, -0.05) is 42.5 Å². The molecule has 0 radical (unpaired) electrons. The van der Waals surface area contributed by atoms with E-state index in [0.29, 0.717) is 6.61 Å². The van der Waals surface area contributed by atoms with E-state index in [0.717, 1.165) is 36.3 Å². The van der Waals surface area contributed by atoms with E-state index in [2.05, 4.69) is 6.92 Å². The number of likely N-dealkylation sites (tertiary alicyclic amines) is 1. The van der Waals surface area contributed by atoms with Gasteiger partial charge in [-0.3, -0.25) is 4.90 Å². The summed E-state index contributed by atoms with van der Waals surface area (Å²) >= 11 is 0. The van der Waals surface area contributed by atoms with Gasteiger partial charge in [0.1, 0.15) is 12.4 Å². The fraction of sp³-hybridized carbons (Fsp3) is 0.350. The van der Waals surface area contributed by atoms with Crippen LogP contribution in [0.15, 0.2) is 54.6 Å². The molecule has 1 amide bonds. The predicted molar refractivity (Wildman–Crippen MR) is 92.9 cm³/mol. The first kappa shape index (κ1) is 16.4. The number of methoxy groups -OCH3 is 1. The molecule has 4 heteroatoms. The summed E-state index contributed by atoms with van der Waals surface area (Å²) in [5, 5.41) is 0. The SMILES string of the molecule is COc1ccc(C2(C)CCCN2C(=O)OCc2ccccc2)cc1. The lowest BCUT2D eigenvalue weighted by atomic mass is 9.89. The third kappa shape index (κ3) is 3.23. The van der Waals surface area contributed by atoms with Crippen LogP contribution in [0.1, 0.15) is 30.9 Å². The van der Waals surface area contributed by atoms with Crippen LogP contribution < -0.4 is 4.74 Å². The van der Waals surface area contributed by atoms with Crippen molar-refractivity contribution in [1.29, 1.82) is 0 Å². The Hall–Kier alpha value is -2.49. The molecule has 1 fully saturated rings. The number of carbonyl (C=O) groups excluding carboxylic acids is 1. The lowest BCUT2D eigenvalue weighted by Crippen LogP contribution is -2.43. The smallest absolute Gasteiger partial charge is 0.410 e. The van der Waals surface area contributed by atoms with Crippen molar-refractivity contribution in [3.05, 3.63) is 65.7 Å². The first-order chi connectivity index (χ1) is 11.6. The van der Waals surface area contributed by atoms with E-state index in [9.17, 15) is 4.79 Å². The molecule has 0 aliphatic carbocycles. The zero-order chi connectivity index (χ0) is 17.0. The van der Waals surface area contributed by atoms with Crippen molar-refractivity contribution < 1.29 is 14.3 Å². The molecular formula is C20H23NO3. The number of hydrogen-bond acceptors (Lipinski definition) is 3. The van der Waals surface area contributed by atoms with Crippen molar-refractivity contribution in [2.75, 3.05) is 13.7 Å². The highest BCUT2D eigenvalue weighted by Crippen LogP contribution is 2.39. The Labute approximate surface area is 143 Å². The van der Waals surface area contributed by atoms with Gasteiger partial charge in [-0.25, -0.2) is 4.79 Å². The van der Waals surface area contributed by atoms with Gasteiger partial charge < -0.3 is 9.47 Å². The number of ether oxygens (including phenoxy) is 2. The van der Waals surface area contributed by atoms with E-state index in [1.165, 1.54) is 0 Å². The standard InChI is InChI=1S/C20H23NO3/c1-20(17-9-11-18(23-2)12-10-17)13-6-14-21(20)19(22)24-15-16-7-4-3-5-8-16/h3-5,7-12H,6,13-15H2,1-2H3. The minimum atomic E-state index is -0.333. The van der Waals surface area contributed by atoms with Gasteiger partial charge in [-0.05, 0) is 43.0 Å². The van der Waals surface area contributed by atoms with Gasteiger partial charge in [-0.15, -0.1) is 0 Å². The predicted octanol–water partition coefficient (Wildman–Crippen LogP) is 4.34. The molecule has 0 saturated carbocycles. The Bertz CT molecular complexity index is 684. The molecule has 2 aromatic carbocycles. The van der Waals surface area contributed by atoms with Crippen molar-refractivity contribution in [2.24, 2.45) is 0 Å². The van der Waals surface area contributed by atoms with Crippen molar-refractivity contribution >= 4 is 6.09 Å². The zero-order valence-electron chi connectivity index (χ0n) is 14.2. The van der Waals surface area contributed by atoms with Crippen LogP contribution in [-0.2, 0) is 16.9 Å². The second kappa shape index (κ2) is 6.95. The fourth-order valence-electron chi connectivity index (χ4n) is 3.30. The minimum Gasteiger partial charge on any atom is -0.497 e. The van der Waals surface area contributed by atoms with E-state index in [1.54, 1.807) is 7.11 Å². The average Bonchev–Trinajstić information content (AvgIpc) is 3.03. The zero-order valence-corrected chi connectivity index (χ0v) is 14.2. The van der Waals surface area contributed by atoms with Crippen LogP contribution in [0.2, 0.25) is 0 Å². The average molecular weight is 325 g/mol. The normalized spacial score (nSPS) is 20.0. The first-order valence-electron chi connectivity index (χ1n) is 8.26. The fourth-order valence-corrected chi connectivity index (χ4v) is 3.30. The molecule has 1 saturated heterocycles. The molecule has 1 heterocycles. The van der Waals surface area contributed by atoms with Crippen LogP contribution in [0, 0.1) is 0 Å². The van der Waals surface area contributed by atoms with Crippen LogP contribution >= 0.6 is 0 Å². The molecule has 4 nitrogen and oxygen atoms in total. The lowest BCUT2D eigenvalue weighted by molar-refractivity contribution is 0.0693. The summed E-state index contributed by atoms with van der Waals surface area (Å²) in [5.74, 6) is 0.818. The van der Waals surface area contributed by atoms with Gasteiger partial charge in [0.25, 0.3) is 0 Å². The topological polar surface area (TPSA) is 38.8 Å². The maximum absolute atomic E-state index is 12.6. The highest BCUT2D eigenvalue weighted by Gasteiger charge is 2.41. The van der Waals surface area contributed by atoms with Crippen molar-refractivity contribution in [2.45, 2.75) is 31.9 Å². The van der Waals surface area contributed by atoms with E-state index in [4.69, 9.17) is 9.47 Å². The molecule has 1 unspecified atom stereocenters. The second-order valence-electron chi connectivity index (χ2n) is 6.30. The summed E-state index contributed by atoms with van der Waals surface area (Å²) in [6.45, 7) is 3.12. The summed E-state index contributed by atoms with van der Waals surface area (Å²) in [6.07, 6.45) is 1.65. The van der Waals surface area contributed by atoms with E-state index in [1.807, 2.05) is 59.5 Å². The Balaban J connectivity index is 1.72. The van der Waals surface area contributed by atoms with E-state index in [-0.39, 0.29) is 11.6 Å². The molecule has 1 aliphatic rings. The first-order valence-corrected chi connectivity index (χ1v) is 8.26. The van der Waals surface area contributed by atoms with Crippen LogP contribution in [0.3, 0.4) is 0 Å². The van der Waals surface area contributed by atoms with Crippen LogP contribution in [-0.4, -0.2) is 24.6 Å². The second-order valence-corrected chi connectivity index (χ2v) is 6.30.